The molecule has 2 saturated heterocycles. The number of benzene rings is 1. The van der Waals surface area contributed by atoms with Gasteiger partial charge in [0.15, 0.2) is 11.5 Å². The fraction of sp³-hybridized carbons (Fsp3) is 0.600. The molecule has 0 bridgehead atoms. The molecular formula is C20H26N2O5S. The molecule has 0 saturated carbocycles. The zero-order valence-electron chi connectivity index (χ0n) is 15.8. The number of likely N-dealkylation sites (tertiary alicyclic amines) is 1. The summed E-state index contributed by atoms with van der Waals surface area (Å²) < 4.78 is 11.1. The molecule has 4 rings (SSSR count). The summed E-state index contributed by atoms with van der Waals surface area (Å²) in [5.74, 6) is 2.08. The molecule has 2 atom stereocenters. The van der Waals surface area contributed by atoms with Crippen LogP contribution in [0.25, 0.3) is 0 Å². The Balaban J connectivity index is 1.32. The van der Waals surface area contributed by atoms with Gasteiger partial charge in [-0.3, -0.25) is 9.59 Å². The highest BCUT2D eigenvalue weighted by Crippen LogP contribution is 2.38. The van der Waals surface area contributed by atoms with E-state index >= 15 is 0 Å². The molecule has 2 fully saturated rings. The number of hydrogen-bond donors (Lipinski definition) is 2. The molecule has 1 aromatic carbocycles. The van der Waals surface area contributed by atoms with E-state index in [1.807, 2.05) is 18.2 Å². The van der Waals surface area contributed by atoms with E-state index in [4.69, 9.17) is 9.47 Å². The van der Waals surface area contributed by atoms with E-state index in [2.05, 4.69) is 5.32 Å². The zero-order valence-corrected chi connectivity index (χ0v) is 16.6. The summed E-state index contributed by atoms with van der Waals surface area (Å²) >= 11 is 1.60. The van der Waals surface area contributed by atoms with E-state index in [-0.39, 0.29) is 11.8 Å². The first-order chi connectivity index (χ1) is 13.6. The third-order valence-electron chi connectivity index (χ3n) is 5.77. The van der Waals surface area contributed by atoms with Crippen molar-refractivity contribution in [2.75, 3.05) is 38.6 Å². The Labute approximate surface area is 168 Å². The van der Waals surface area contributed by atoms with Crippen molar-refractivity contribution in [2.45, 2.75) is 36.7 Å². The third-order valence-corrected chi connectivity index (χ3v) is 6.77. The zero-order chi connectivity index (χ0) is 19.6. The summed E-state index contributed by atoms with van der Waals surface area (Å²) in [7, 11) is 0. The van der Waals surface area contributed by atoms with Crippen LogP contribution >= 0.6 is 11.8 Å². The minimum atomic E-state index is -0.838. The second-order valence-corrected chi connectivity index (χ2v) is 8.71. The Bertz CT molecular complexity index is 758. The van der Waals surface area contributed by atoms with E-state index in [1.54, 1.807) is 16.7 Å². The number of fused-ring (bicyclic) bond motifs is 1. The predicted molar refractivity (Wildman–Crippen MR) is 105 cm³/mol. The van der Waals surface area contributed by atoms with Gasteiger partial charge in [0.1, 0.15) is 13.2 Å². The molecule has 152 valence electrons. The lowest BCUT2D eigenvalue weighted by atomic mass is 9.71. The maximum absolute atomic E-state index is 12.7. The van der Waals surface area contributed by atoms with Gasteiger partial charge < -0.3 is 24.8 Å². The molecular weight excluding hydrogens is 380 g/mol. The fourth-order valence-corrected chi connectivity index (χ4v) is 5.05. The van der Waals surface area contributed by atoms with Crippen molar-refractivity contribution in [3.05, 3.63) is 18.2 Å². The maximum Gasteiger partial charge on any atom is 0.230 e. The first-order valence-corrected chi connectivity index (χ1v) is 10.8. The number of amides is 2. The van der Waals surface area contributed by atoms with E-state index in [1.165, 1.54) is 0 Å². The number of carbonyl (C=O) groups is 2. The molecule has 28 heavy (non-hydrogen) atoms. The molecule has 3 aliphatic heterocycles. The second-order valence-electron chi connectivity index (χ2n) is 7.54. The van der Waals surface area contributed by atoms with Crippen LogP contribution in [-0.2, 0) is 9.59 Å². The third kappa shape index (κ3) is 3.80. The van der Waals surface area contributed by atoms with Crippen molar-refractivity contribution < 1.29 is 24.2 Å². The van der Waals surface area contributed by atoms with Gasteiger partial charge in [-0.15, -0.1) is 11.8 Å². The van der Waals surface area contributed by atoms with E-state index < -0.39 is 11.5 Å². The van der Waals surface area contributed by atoms with Crippen molar-refractivity contribution in [2.24, 2.45) is 5.41 Å². The SMILES string of the molecule is O=C(CCSc1ccc2c(c1)OCCO2)N1CC[C@H](O)[C@@]2(CCCNC2=O)C1. The number of carbonyl (C=O) groups excluding carboxylic acids is 2. The number of piperidine rings is 2. The molecule has 3 heterocycles. The summed E-state index contributed by atoms with van der Waals surface area (Å²) in [6.07, 6.45) is 1.64. The molecule has 2 amide bonds. The number of nitrogens with one attached hydrogen (secondary N) is 1. The number of thioether (sulfide) groups is 1. The number of nitrogens with zero attached hydrogens (tertiary/aromatic N) is 1. The Morgan fingerprint density at radius 3 is 2.96 bits per heavy atom. The molecule has 8 heteroatoms. The van der Waals surface area contributed by atoms with Gasteiger partial charge in [-0.1, -0.05) is 0 Å². The monoisotopic (exact) mass is 406 g/mol. The van der Waals surface area contributed by atoms with Crippen LogP contribution in [-0.4, -0.2) is 66.5 Å². The smallest absolute Gasteiger partial charge is 0.230 e. The van der Waals surface area contributed by atoms with Crippen LogP contribution in [0.4, 0.5) is 0 Å². The van der Waals surface area contributed by atoms with Gasteiger partial charge in [0.2, 0.25) is 11.8 Å². The number of aliphatic hydroxyl groups is 1. The van der Waals surface area contributed by atoms with Crippen LogP contribution in [0, 0.1) is 5.41 Å². The lowest BCUT2D eigenvalue weighted by molar-refractivity contribution is -0.154. The second kappa shape index (κ2) is 8.21. The quantitative estimate of drug-likeness (QED) is 0.736. The van der Waals surface area contributed by atoms with Crippen LogP contribution in [0.3, 0.4) is 0 Å². The van der Waals surface area contributed by atoms with E-state index in [9.17, 15) is 14.7 Å². The summed E-state index contributed by atoms with van der Waals surface area (Å²) in [6.45, 7) is 2.58. The van der Waals surface area contributed by atoms with E-state index in [0.29, 0.717) is 57.9 Å². The Kier molecular flexibility index (Phi) is 5.68. The van der Waals surface area contributed by atoms with Crippen LogP contribution in [0.5, 0.6) is 11.5 Å². The number of ether oxygens (including phenoxy) is 2. The first-order valence-electron chi connectivity index (χ1n) is 9.85. The Morgan fingerprint density at radius 2 is 2.14 bits per heavy atom. The normalized spacial score (nSPS) is 26.8. The van der Waals surface area contributed by atoms with Crippen molar-refractivity contribution in [1.82, 2.24) is 10.2 Å². The Hall–Kier alpha value is -1.93. The number of hydrogen-bond acceptors (Lipinski definition) is 6. The van der Waals surface area contributed by atoms with Crippen LogP contribution in [0.1, 0.15) is 25.7 Å². The molecule has 3 aliphatic rings. The topological polar surface area (TPSA) is 88.1 Å². The van der Waals surface area contributed by atoms with Crippen molar-refractivity contribution in [3.63, 3.8) is 0 Å². The highest BCUT2D eigenvalue weighted by atomic mass is 32.2. The molecule has 0 radical (unpaired) electrons. The average Bonchev–Trinajstić information content (AvgIpc) is 2.72. The molecule has 0 aromatic heterocycles. The summed E-state index contributed by atoms with van der Waals surface area (Å²) in [5, 5.41) is 13.3. The highest BCUT2D eigenvalue weighted by molar-refractivity contribution is 7.99. The standard InChI is InChI=1S/C20H26N2O5S/c23-17-4-8-22(13-20(17)6-1-7-21-19(20)25)18(24)5-11-28-14-2-3-15-16(12-14)27-10-9-26-15/h2-3,12,17,23H,1,4-11,13H2,(H,21,25)/t17-,20+/m0/s1. The van der Waals surface area contributed by atoms with Crippen molar-refractivity contribution in [1.29, 1.82) is 0 Å². The lowest BCUT2D eigenvalue weighted by Crippen LogP contribution is -2.62. The molecule has 0 aliphatic carbocycles. The van der Waals surface area contributed by atoms with Crippen LogP contribution in [0.15, 0.2) is 23.1 Å². The van der Waals surface area contributed by atoms with Gasteiger partial charge in [-0.05, 0) is 37.5 Å². The van der Waals surface area contributed by atoms with Crippen LogP contribution < -0.4 is 14.8 Å². The van der Waals surface area contributed by atoms with Gasteiger partial charge in [-0.2, -0.15) is 0 Å². The van der Waals surface area contributed by atoms with E-state index in [0.717, 1.165) is 22.8 Å². The number of aliphatic hydroxyl groups excluding tert-OH is 1. The number of rotatable bonds is 4. The average molecular weight is 407 g/mol. The Morgan fingerprint density at radius 1 is 1.32 bits per heavy atom. The molecule has 0 unspecified atom stereocenters. The molecule has 2 N–H and O–H groups in total. The van der Waals surface area contributed by atoms with Crippen molar-refractivity contribution in [3.8, 4) is 11.5 Å². The lowest BCUT2D eigenvalue weighted by Gasteiger charge is -2.46. The van der Waals surface area contributed by atoms with Gasteiger partial charge in [-0.25, -0.2) is 0 Å². The van der Waals surface area contributed by atoms with Crippen LogP contribution in [0.2, 0.25) is 0 Å². The molecule has 1 spiro atoms. The summed E-state index contributed by atoms with van der Waals surface area (Å²) in [4.78, 5) is 27.9. The largest absolute Gasteiger partial charge is 0.486 e. The maximum atomic E-state index is 12.7. The van der Waals surface area contributed by atoms with Gasteiger partial charge >= 0.3 is 0 Å². The summed E-state index contributed by atoms with van der Waals surface area (Å²) in [5.41, 5.74) is -0.838. The molecule has 7 nitrogen and oxygen atoms in total. The minimum Gasteiger partial charge on any atom is -0.486 e. The first kappa shape index (κ1) is 19.4. The fourth-order valence-electron chi connectivity index (χ4n) is 4.18. The summed E-state index contributed by atoms with van der Waals surface area (Å²) in [6, 6.07) is 5.82. The van der Waals surface area contributed by atoms with Gasteiger partial charge in [0, 0.05) is 36.7 Å². The van der Waals surface area contributed by atoms with Gasteiger partial charge in [0.05, 0.1) is 11.5 Å². The minimum absolute atomic E-state index is 0.0368. The molecule has 1 aromatic rings. The van der Waals surface area contributed by atoms with Gasteiger partial charge in [0.25, 0.3) is 0 Å². The van der Waals surface area contributed by atoms with Crippen molar-refractivity contribution >= 4 is 23.6 Å². The predicted octanol–water partition coefficient (Wildman–Crippen LogP) is 1.43. The highest BCUT2D eigenvalue weighted by Gasteiger charge is 2.50.